The van der Waals surface area contributed by atoms with E-state index in [1.54, 1.807) is 0 Å². The molecule has 2 saturated carbocycles. The van der Waals surface area contributed by atoms with Crippen LogP contribution in [0.5, 0.6) is 0 Å². The number of benzene rings is 2. The molecule has 2 fully saturated rings. The summed E-state index contributed by atoms with van der Waals surface area (Å²) in [6, 6.07) is 20.5. The van der Waals surface area contributed by atoms with Gasteiger partial charge in [-0.05, 0) is 36.0 Å². The van der Waals surface area contributed by atoms with Gasteiger partial charge in [0.2, 0.25) is 0 Å². The maximum absolute atomic E-state index is 14.8. The average molecular weight is 338 g/mol. The summed E-state index contributed by atoms with van der Waals surface area (Å²) in [5.41, 5.74) is 0.532. The monoisotopic (exact) mass is 338 g/mol. The van der Waals surface area contributed by atoms with Crippen molar-refractivity contribution in [2.75, 3.05) is 0 Å². The topological polar surface area (TPSA) is 17.1 Å². The summed E-state index contributed by atoms with van der Waals surface area (Å²) in [7, 11) is -2.70. The lowest BCUT2D eigenvalue weighted by molar-refractivity contribution is 0.187. The molecule has 2 aromatic carbocycles. The van der Waals surface area contributed by atoms with Gasteiger partial charge >= 0.3 is 0 Å². The molecule has 24 heavy (non-hydrogen) atoms. The van der Waals surface area contributed by atoms with Gasteiger partial charge in [-0.25, -0.2) is 0 Å². The Morgan fingerprint density at radius 2 is 1.38 bits per heavy atom. The minimum Gasteiger partial charge on any atom is -0.313 e. The van der Waals surface area contributed by atoms with Gasteiger partial charge in [-0.1, -0.05) is 81.4 Å². The Balaban J connectivity index is 1.97. The molecule has 0 spiro atoms. The second-order valence-corrected chi connectivity index (χ2v) is 11.5. The van der Waals surface area contributed by atoms with Gasteiger partial charge in [0.25, 0.3) is 0 Å². The Hall–Kier alpha value is -1.33. The summed E-state index contributed by atoms with van der Waals surface area (Å²) in [6.07, 6.45) is 3.74. The first-order chi connectivity index (χ1) is 11.4. The molecule has 0 saturated heterocycles. The van der Waals surface area contributed by atoms with E-state index in [0.717, 1.165) is 10.6 Å². The van der Waals surface area contributed by atoms with E-state index in [1.165, 1.54) is 19.3 Å². The van der Waals surface area contributed by atoms with E-state index in [0.29, 0.717) is 5.92 Å². The lowest BCUT2D eigenvalue weighted by Crippen LogP contribution is -2.44. The highest BCUT2D eigenvalue weighted by Crippen LogP contribution is 2.74. The van der Waals surface area contributed by atoms with Crippen LogP contribution in [0.4, 0.5) is 0 Å². The van der Waals surface area contributed by atoms with E-state index in [1.807, 2.05) is 36.4 Å². The molecular formula is C22H27OP. The molecule has 1 nitrogen and oxygen atoms in total. The molecule has 2 aromatic rings. The number of rotatable bonds is 3. The van der Waals surface area contributed by atoms with Crippen molar-refractivity contribution in [3.63, 3.8) is 0 Å². The average Bonchev–Trinajstić information content (AvgIpc) is 3.07. The Morgan fingerprint density at radius 3 is 1.79 bits per heavy atom. The van der Waals surface area contributed by atoms with Crippen molar-refractivity contribution in [3.8, 4) is 0 Å². The first-order valence-corrected chi connectivity index (χ1v) is 10.9. The van der Waals surface area contributed by atoms with Gasteiger partial charge in [0.05, 0.1) is 0 Å². The molecule has 0 aromatic heterocycles. The fraction of sp³-hybridized carbons (Fsp3) is 0.455. The number of hydrogen-bond donors (Lipinski definition) is 0. The third-order valence-corrected chi connectivity index (χ3v) is 11.0. The van der Waals surface area contributed by atoms with E-state index < -0.39 is 7.14 Å². The Bertz CT molecular complexity index is 732. The van der Waals surface area contributed by atoms with Gasteiger partial charge in [0.1, 0.15) is 7.14 Å². The highest BCUT2D eigenvalue weighted by atomic mass is 31.2. The van der Waals surface area contributed by atoms with Gasteiger partial charge < -0.3 is 4.57 Å². The van der Waals surface area contributed by atoms with Crippen molar-refractivity contribution in [2.24, 2.45) is 16.7 Å². The highest BCUT2D eigenvalue weighted by molar-refractivity contribution is 7.79. The smallest absolute Gasteiger partial charge is 0.147 e. The summed E-state index contributed by atoms with van der Waals surface area (Å²) in [5.74, 6) is 0.702. The van der Waals surface area contributed by atoms with Crippen LogP contribution in [0.1, 0.15) is 40.0 Å². The lowest BCUT2D eigenvalue weighted by Gasteiger charge is -2.47. The maximum Gasteiger partial charge on any atom is 0.147 e. The first kappa shape index (κ1) is 16.2. The largest absolute Gasteiger partial charge is 0.313 e. The molecule has 0 amide bonds. The summed E-state index contributed by atoms with van der Waals surface area (Å²) in [6.45, 7) is 7.13. The van der Waals surface area contributed by atoms with E-state index >= 15 is 0 Å². The van der Waals surface area contributed by atoms with Crippen LogP contribution in [0.25, 0.3) is 0 Å². The van der Waals surface area contributed by atoms with E-state index in [-0.39, 0.29) is 16.5 Å². The van der Waals surface area contributed by atoms with Gasteiger partial charge in [-0.15, -0.1) is 0 Å². The van der Waals surface area contributed by atoms with E-state index in [4.69, 9.17) is 0 Å². The molecule has 2 heteroatoms. The van der Waals surface area contributed by atoms with Crippen molar-refractivity contribution in [3.05, 3.63) is 60.7 Å². The second kappa shape index (κ2) is 5.33. The maximum atomic E-state index is 14.8. The summed E-state index contributed by atoms with van der Waals surface area (Å²) >= 11 is 0. The molecule has 0 N–H and O–H groups in total. The lowest BCUT2D eigenvalue weighted by atomic mass is 9.72. The standard InChI is InChI=1S/C22H27OP/c1-21(2)17-14-15-22(3,16-17)20(21)24(23,18-10-6-4-7-11-18)19-12-8-5-9-13-19/h4-13,17,20H,14-16H2,1-3H3/t17-,20-,22-/m0/s1. The number of fused-ring (bicyclic) bond motifs is 2. The molecule has 2 aliphatic carbocycles. The molecule has 0 heterocycles. The van der Waals surface area contributed by atoms with Gasteiger partial charge in [0.15, 0.2) is 0 Å². The molecule has 0 radical (unpaired) electrons. The molecule has 4 rings (SSSR count). The van der Waals surface area contributed by atoms with Crippen LogP contribution in [-0.2, 0) is 4.57 Å². The molecule has 3 atom stereocenters. The molecule has 2 aliphatic rings. The van der Waals surface area contributed by atoms with Gasteiger partial charge in [0, 0.05) is 16.3 Å². The van der Waals surface area contributed by atoms with Crippen LogP contribution in [0.3, 0.4) is 0 Å². The quantitative estimate of drug-likeness (QED) is 0.702. The zero-order chi connectivity index (χ0) is 17.0. The third kappa shape index (κ3) is 2.10. The Morgan fingerprint density at radius 1 is 0.875 bits per heavy atom. The zero-order valence-corrected chi connectivity index (χ0v) is 15.8. The highest BCUT2D eigenvalue weighted by Gasteiger charge is 2.65. The molecule has 2 bridgehead atoms. The van der Waals surface area contributed by atoms with Crippen molar-refractivity contribution in [2.45, 2.75) is 45.7 Å². The van der Waals surface area contributed by atoms with Crippen LogP contribution in [0, 0.1) is 16.7 Å². The molecular weight excluding hydrogens is 311 g/mol. The normalized spacial score (nSPS) is 31.3. The van der Waals surface area contributed by atoms with Crippen molar-refractivity contribution in [1.29, 1.82) is 0 Å². The predicted octanol–water partition coefficient (Wildman–Crippen LogP) is 5.22. The van der Waals surface area contributed by atoms with Crippen molar-refractivity contribution in [1.82, 2.24) is 0 Å². The van der Waals surface area contributed by atoms with Gasteiger partial charge in [-0.3, -0.25) is 0 Å². The van der Waals surface area contributed by atoms with Crippen molar-refractivity contribution >= 4 is 17.8 Å². The second-order valence-electron chi connectivity index (χ2n) is 8.65. The van der Waals surface area contributed by atoms with Crippen LogP contribution in [-0.4, -0.2) is 5.66 Å². The Labute approximate surface area is 145 Å². The minimum atomic E-state index is -2.70. The SMILES string of the molecule is CC1(C)[C@H]2CC[C@@](C)(C2)[C@H]1P(=O)(c1ccccc1)c1ccccc1. The van der Waals surface area contributed by atoms with Gasteiger partial charge in [-0.2, -0.15) is 0 Å². The van der Waals surface area contributed by atoms with E-state index in [9.17, 15) is 4.57 Å². The van der Waals surface area contributed by atoms with Crippen LogP contribution in [0.2, 0.25) is 0 Å². The van der Waals surface area contributed by atoms with Crippen molar-refractivity contribution < 1.29 is 4.57 Å². The van der Waals surface area contributed by atoms with E-state index in [2.05, 4.69) is 45.0 Å². The summed E-state index contributed by atoms with van der Waals surface area (Å²) < 4.78 is 14.8. The summed E-state index contributed by atoms with van der Waals surface area (Å²) in [4.78, 5) is 0. The molecule has 0 aliphatic heterocycles. The number of hydrogen-bond acceptors (Lipinski definition) is 1. The van der Waals surface area contributed by atoms with Crippen LogP contribution < -0.4 is 10.6 Å². The predicted molar refractivity (Wildman–Crippen MR) is 103 cm³/mol. The Kier molecular flexibility index (Phi) is 3.59. The molecule has 126 valence electrons. The third-order valence-electron chi connectivity index (χ3n) is 6.84. The minimum absolute atomic E-state index is 0.119. The fourth-order valence-electron chi connectivity index (χ4n) is 5.93. The zero-order valence-electron chi connectivity index (χ0n) is 14.9. The molecule has 0 unspecified atom stereocenters. The first-order valence-electron chi connectivity index (χ1n) is 9.10. The fourth-order valence-corrected chi connectivity index (χ4v) is 10.3. The van der Waals surface area contributed by atoms with Crippen LogP contribution >= 0.6 is 7.14 Å². The summed E-state index contributed by atoms with van der Waals surface area (Å²) in [5, 5.41) is 2.06. The van der Waals surface area contributed by atoms with Crippen LogP contribution in [0.15, 0.2) is 60.7 Å².